The van der Waals surface area contributed by atoms with E-state index in [1.54, 1.807) is 11.2 Å². The van der Waals surface area contributed by atoms with E-state index in [0.717, 1.165) is 12.8 Å². The molecule has 1 aromatic carbocycles. The molecule has 128 valence electrons. The Kier molecular flexibility index (Phi) is 5.39. The Bertz CT molecular complexity index is 595. The van der Waals surface area contributed by atoms with E-state index in [-0.39, 0.29) is 5.75 Å². The molecule has 5 heteroatoms. The van der Waals surface area contributed by atoms with Crippen molar-refractivity contribution in [2.24, 2.45) is 0 Å². The molecule has 2 aliphatic rings. The van der Waals surface area contributed by atoms with E-state index in [4.69, 9.17) is 0 Å². The first kappa shape index (κ1) is 16.9. The number of benzene rings is 1. The number of nitrogens with one attached hydrogen (secondary N) is 1. The predicted molar refractivity (Wildman–Crippen MR) is 94.0 cm³/mol. The van der Waals surface area contributed by atoms with Gasteiger partial charge in [0.05, 0.1) is 5.75 Å². The second kappa shape index (κ2) is 7.32. The number of rotatable bonds is 5. The van der Waals surface area contributed by atoms with Crippen molar-refractivity contribution < 1.29 is 8.42 Å². The van der Waals surface area contributed by atoms with Gasteiger partial charge in [0.1, 0.15) is 0 Å². The van der Waals surface area contributed by atoms with Crippen molar-refractivity contribution in [1.29, 1.82) is 0 Å². The van der Waals surface area contributed by atoms with Gasteiger partial charge in [-0.15, -0.1) is 0 Å². The van der Waals surface area contributed by atoms with Crippen molar-refractivity contribution in [1.82, 2.24) is 9.62 Å². The zero-order valence-electron chi connectivity index (χ0n) is 13.9. The monoisotopic (exact) mass is 336 g/mol. The van der Waals surface area contributed by atoms with Gasteiger partial charge in [0.2, 0.25) is 10.0 Å². The molecule has 0 radical (unpaired) electrons. The first-order valence-corrected chi connectivity index (χ1v) is 10.5. The van der Waals surface area contributed by atoms with Gasteiger partial charge < -0.3 is 5.32 Å². The van der Waals surface area contributed by atoms with Gasteiger partial charge in [0.15, 0.2) is 0 Å². The van der Waals surface area contributed by atoms with Crippen LogP contribution >= 0.6 is 0 Å². The van der Waals surface area contributed by atoms with Crippen molar-refractivity contribution >= 4 is 10.0 Å². The Morgan fingerprint density at radius 2 is 1.74 bits per heavy atom. The lowest BCUT2D eigenvalue weighted by Crippen LogP contribution is -2.47. The van der Waals surface area contributed by atoms with Crippen molar-refractivity contribution in [2.45, 2.75) is 57.0 Å². The number of hydrogen-bond acceptors (Lipinski definition) is 3. The summed E-state index contributed by atoms with van der Waals surface area (Å²) in [7, 11) is -3.01. The molecule has 1 aliphatic carbocycles. The van der Waals surface area contributed by atoms with Gasteiger partial charge in [0.25, 0.3) is 0 Å². The van der Waals surface area contributed by atoms with Crippen LogP contribution < -0.4 is 5.32 Å². The van der Waals surface area contributed by atoms with Crippen molar-refractivity contribution in [3.63, 3.8) is 0 Å². The van der Waals surface area contributed by atoms with E-state index in [0.29, 0.717) is 31.1 Å². The molecule has 1 N–H and O–H groups in total. The molecule has 1 aromatic rings. The van der Waals surface area contributed by atoms with Gasteiger partial charge in [-0.3, -0.25) is 0 Å². The molecular formula is C18H28N2O2S. The van der Waals surface area contributed by atoms with Gasteiger partial charge in [-0.2, -0.15) is 0 Å². The van der Waals surface area contributed by atoms with Crippen LogP contribution in [0.15, 0.2) is 30.3 Å². The van der Waals surface area contributed by atoms with Crippen molar-refractivity contribution in [3.8, 4) is 0 Å². The number of sulfonamides is 1. The van der Waals surface area contributed by atoms with E-state index in [1.807, 2.05) is 0 Å². The summed E-state index contributed by atoms with van der Waals surface area (Å²) in [5.41, 5.74) is 1.46. The van der Waals surface area contributed by atoms with Crippen molar-refractivity contribution in [2.75, 3.05) is 18.8 Å². The largest absolute Gasteiger partial charge is 0.311 e. The zero-order valence-corrected chi connectivity index (χ0v) is 14.8. The number of piperidine rings is 1. The Balaban J connectivity index is 1.47. The topological polar surface area (TPSA) is 49.4 Å². The van der Waals surface area contributed by atoms with Crippen LogP contribution in [-0.4, -0.2) is 43.6 Å². The average molecular weight is 337 g/mol. The molecule has 3 rings (SSSR count). The molecule has 0 bridgehead atoms. The Morgan fingerprint density at radius 3 is 2.39 bits per heavy atom. The highest BCUT2D eigenvalue weighted by Crippen LogP contribution is 2.34. The number of hydrogen-bond donors (Lipinski definition) is 1. The summed E-state index contributed by atoms with van der Waals surface area (Å²) in [5.74, 6) is 0.890. The third kappa shape index (κ3) is 4.14. The first-order chi connectivity index (χ1) is 11.1. The third-order valence-electron chi connectivity index (χ3n) is 5.39. The molecule has 4 nitrogen and oxygen atoms in total. The van der Waals surface area contributed by atoms with E-state index >= 15 is 0 Å². The average Bonchev–Trinajstić information content (AvgIpc) is 3.05. The second-order valence-electron chi connectivity index (χ2n) is 6.86. The summed E-state index contributed by atoms with van der Waals surface area (Å²) in [6.07, 6.45) is 5.56. The molecule has 1 saturated heterocycles. The fourth-order valence-corrected chi connectivity index (χ4v) is 5.11. The maximum absolute atomic E-state index is 11.9. The first-order valence-electron chi connectivity index (χ1n) is 8.87. The summed E-state index contributed by atoms with van der Waals surface area (Å²) in [6, 6.07) is 11.9. The van der Waals surface area contributed by atoms with E-state index in [9.17, 15) is 8.42 Å². The van der Waals surface area contributed by atoms with Crippen LogP contribution in [0.1, 0.15) is 50.5 Å². The highest BCUT2D eigenvalue weighted by Gasteiger charge is 2.30. The Labute approximate surface area is 140 Å². The fraction of sp³-hybridized carbons (Fsp3) is 0.667. The lowest BCUT2D eigenvalue weighted by molar-refractivity contribution is 0.273. The Morgan fingerprint density at radius 1 is 1.04 bits per heavy atom. The minimum Gasteiger partial charge on any atom is -0.311 e. The smallest absolute Gasteiger partial charge is 0.213 e. The van der Waals surface area contributed by atoms with Crippen LogP contribution in [0.4, 0.5) is 0 Å². The van der Waals surface area contributed by atoms with Crippen molar-refractivity contribution in [3.05, 3.63) is 35.9 Å². The molecule has 0 spiro atoms. The lowest BCUT2D eigenvalue weighted by Gasteiger charge is -2.33. The van der Waals surface area contributed by atoms with E-state index < -0.39 is 10.0 Å². The minimum absolute atomic E-state index is 0.215. The van der Waals surface area contributed by atoms with Gasteiger partial charge in [-0.1, -0.05) is 30.3 Å². The van der Waals surface area contributed by atoms with Crippen LogP contribution in [0.25, 0.3) is 0 Å². The molecule has 23 heavy (non-hydrogen) atoms. The standard InChI is InChI=1S/C18H28N2O2S/c1-2-23(21,22)20-12-10-17(11-13-20)19-18-9-8-16(14-18)15-6-4-3-5-7-15/h3-7,16-19H,2,8-14H2,1H3/t16-,18-/m0/s1. The molecule has 0 amide bonds. The molecule has 1 saturated carbocycles. The van der Waals surface area contributed by atoms with E-state index in [2.05, 4.69) is 35.6 Å². The maximum Gasteiger partial charge on any atom is 0.213 e. The van der Waals surface area contributed by atoms with Gasteiger partial charge in [-0.25, -0.2) is 12.7 Å². The summed E-state index contributed by atoms with van der Waals surface area (Å²) < 4.78 is 25.5. The van der Waals surface area contributed by atoms with Gasteiger partial charge in [-0.05, 0) is 50.5 Å². The molecular weight excluding hydrogens is 308 g/mol. The van der Waals surface area contributed by atoms with Crippen LogP contribution in [0, 0.1) is 0 Å². The van der Waals surface area contributed by atoms with E-state index in [1.165, 1.54) is 24.8 Å². The Hall–Kier alpha value is -0.910. The lowest BCUT2D eigenvalue weighted by atomic mass is 9.97. The molecule has 0 aromatic heterocycles. The summed E-state index contributed by atoms with van der Waals surface area (Å²) in [5, 5.41) is 3.79. The second-order valence-corrected chi connectivity index (χ2v) is 9.12. The van der Waals surface area contributed by atoms with Gasteiger partial charge >= 0.3 is 0 Å². The molecule has 2 fully saturated rings. The molecule has 1 heterocycles. The fourth-order valence-electron chi connectivity index (χ4n) is 3.98. The normalized spacial score (nSPS) is 27.3. The summed E-state index contributed by atoms with van der Waals surface area (Å²) >= 11 is 0. The predicted octanol–water partition coefficient (Wildman–Crippen LogP) is 2.73. The van der Waals surface area contributed by atoms with Crippen LogP contribution in [-0.2, 0) is 10.0 Å². The molecule has 1 aliphatic heterocycles. The van der Waals surface area contributed by atoms with Crippen LogP contribution in [0.3, 0.4) is 0 Å². The quantitative estimate of drug-likeness (QED) is 0.899. The SMILES string of the molecule is CCS(=O)(=O)N1CCC(N[C@H]2CC[C@H](c3ccccc3)C2)CC1. The van der Waals surface area contributed by atoms with Gasteiger partial charge in [0, 0.05) is 25.2 Å². The van der Waals surface area contributed by atoms with Crippen LogP contribution in [0.2, 0.25) is 0 Å². The summed E-state index contributed by atoms with van der Waals surface area (Å²) in [6.45, 7) is 3.06. The molecule has 0 unspecified atom stereocenters. The summed E-state index contributed by atoms with van der Waals surface area (Å²) in [4.78, 5) is 0. The zero-order chi connectivity index (χ0) is 16.3. The minimum atomic E-state index is -3.01. The van der Waals surface area contributed by atoms with Crippen LogP contribution in [0.5, 0.6) is 0 Å². The highest BCUT2D eigenvalue weighted by atomic mass is 32.2. The number of nitrogens with zero attached hydrogens (tertiary/aromatic N) is 1. The highest BCUT2D eigenvalue weighted by molar-refractivity contribution is 7.89. The third-order valence-corrected chi connectivity index (χ3v) is 7.27. The maximum atomic E-state index is 11.9. The molecule has 2 atom stereocenters.